The molecule has 110 valence electrons. The number of hydrogen-bond donors (Lipinski definition) is 1. The Kier molecular flexibility index (Phi) is 5.39. The fraction of sp³-hybridized carbons (Fsp3) is 0.562. The lowest BCUT2D eigenvalue weighted by Gasteiger charge is -2.22. The van der Waals surface area contributed by atoms with Gasteiger partial charge in [-0.25, -0.2) is 0 Å². The van der Waals surface area contributed by atoms with Gasteiger partial charge < -0.3 is 4.90 Å². The van der Waals surface area contributed by atoms with E-state index in [2.05, 4.69) is 26.5 Å². The van der Waals surface area contributed by atoms with Crippen LogP contribution >= 0.6 is 24.2 Å². The lowest BCUT2D eigenvalue weighted by molar-refractivity contribution is 0.0758. The molecule has 1 aliphatic rings. The molecule has 1 atom stereocenters. The van der Waals surface area contributed by atoms with Crippen molar-refractivity contribution in [2.45, 2.75) is 38.0 Å². The van der Waals surface area contributed by atoms with E-state index < -0.39 is 0 Å². The quantitative estimate of drug-likeness (QED) is 0.796. The number of likely N-dealkylation sites (tertiary alicyclic amines) is 1. The molecule has 0 aliphatic carbocycles. The molecule has 0 saturated carbocycles. The summed E-state index contributed by atoms with van der Waals surface area (Å²) >= 11 is 10.4. The number of thiol groups is 1. The molecular weight excluding hydrogens is 290 g/mol. The lowest BCUT2D eigenvalue weighted by atomic mass is 9.89. The van der Waals surface area contributed by atoms with Crippen LogP contribution in [0.4, 0.5) is 0 Å². The van der Waals surface area contributed by atoms with Crippen molar-refractivity contribution in [2.24, 2.45) is 11.8 Å². The number of carbonyl (C=O) groups is 1. The number of hydrogen-bond acceptors (Lipinski definition) is 2. The summed E-state index contributed by atoms with van der Waals surface area (Å²) in [4.78, 5) is 15.3. The number of rotatable bonds is 2. The Hall–Kier alpha value is -0.670. The predicted molar refractivity (Wildman–Crippen MR) is 86.8 cm³/mol. The molecule has 2 nitrogen and oxygen atoms in total. The highest BCUT2D eigenvalue weighted by atomic mass is 35.5. The second-order valence-corrected chi connectivity index (χ2v) is 6.81. The molecular formula is C16H22ClNOS. The fourth-order valence-electron chi connectivity index (χ4n) is 2.84. The summed E-state index contributed by atoms with van der Waals surface area (Å²) in [6.07, 6.45) is 3.37. The van der Waals surface area contributed by atoms with E-state index in [-0.39, 0.29) is 5.91 Å². The van der Waals surface area contributed by atoms with E-state index >= 15 is 0 Å². The molecule has 0 radical (unpaired) electrons. The molecule has 1 heterocycles. The SMILES string of the molecule is CC(C)C1CCCN(C(=O)c2cc(S)ccc2Cl)CC1. The van der Waals surface area contributed by atoms with Crippen molar-refractivity contribution < 1.29 is 4.79 Å². The van der Waals surface area contributed by atoms with Gasteiger partial charge in [0.05, 0.1) is 10.6 Å². The van der Waals surface area contributed by atoms with Gasteiger partial charge in [0.2, 0.25) is 0 Å². The number of halogens is 1. The maximum absolute atomic E-state index is 12.6. The van der Waals surface area contributed by atoms with Crippen LogP contribution in [-0.4, -0.2) is 23.9 Å². The Morgan fingerprint density at radius 1 is 1.35 bits per heavy atom. The smallest absolute Gasteiger partial charge is 0.255 e. The molecule has 1 aromatic carbocycles. The molecule has 4 heteroatoms. The average Bonchev–Trinajstić information content (AvgIpc) is 2.66. The minimum Gasteiger partial charge on any atom is -0.339 e. The summed E-state index contributed by atoms with van der Waals surface area (Å²) < 4.78 is 0. The van der Waals surface area contributed by atoms with Crippen LogP contribution in [0.1, 0.15) is 43.5 Å². The molecule has 20 heavy (non-hydrogen) atoms. The van der Waals surface area contributed by atoms with E-state index in [0.717, 1.165) is 36.7 Å². The van der Waals surface area contributed by atoms with Gasteiger partial charge >= 0.3 is 0 Å². The predicted octanol–water partition coefficient (Wildman–Crippen LogP) is 4.53. The number of nitrogens with zero attached hydrogens (tertiary/aromatic N) is 1. The van der Waals surface area contributed by atoms with Crippen LogP contribution in [-0.2, 0) is 0 Å². The molecule has 1 unspecified atom stereocenters. The first-order chi connectivity index (χ1) is 9.49. The topological polar surface area (TPSA) is 20.3 Å². The summed E-state index contributed by atoms with van der Waals surface area (Å²) in [5.74, 6) is 1.45. The van der Waals surface area contributed by atoms with Gasteiger partial charge in [0, 0.05) is 18.0 Å². The van der Waals surface area contributed by atoms with Gasteiger partial charge in [-0.15, -0.1) is 12.6 Å². The van der Waals surface area contributed by atoms with Gasteiger partial charge in [-0.2, -0.15) is 0 Å². The van der Waals surface area contributed by atoms with E-state index in [0.29, 0.717) is 16.5 Å². The van der Waals surface area contributed by atoms with Crippen molar-refractivity contribution in [3.63, 3.8) is 0 Å². The maximum Gasteiger partial charge on any atom is 0.255 e. The summed E-state index contributed by atoms with van der Waals surface area (Å²) in [6, 6.07) is 5.31. The number of amides is 1. The largest absolute Gasteiger partial charge is 0.339 e. The Bertz CT molecular complexity index is 489. The van der Waals surface area contributed by atoms with Crippen LogP contribution in [0.3, 0.4) is 0 Å². The first-order valence-electron chi connectivity index (χ1n) is 7.27. The Labute approximate surface area is 131 Å². The van der Waals surface area contributed by atoms with E-state index in [1.165, 1.54) is 6.42 Å². The summed E-state index contributed by atoms with van der Waals surface area (Å²) in [5.41, 5.74) is 0.571. The maximum atomic E-state index is 12.6. The second-order valence-electron chi connectivity index (χ2n) is 5.89. The minimum absolute atomic E-state index is 0.0373. The molecule has 1 saturated heterocycles. The number of benzene rings is 1. The first kappa shape index (κ1) is 15.7. The molecule has 1 aromatic rings. The van der Waals surface area contributed by atoms with Gasteiger partial charge in [-0.3, -0.25) is 4.79 Å². The first-order valence-corrected chi connectivity index (χ1v) is 8.09. The zero-order chi connectivity index (χ0) is 14.7. The van der Waals surface area contributed by atoms with Crippen molar-refractivity contribution in [1.29, 1.82) is 0 Å². The molecule has 0 N–H and O–H groups in total. The standard InChI is InChI=1S/C16H22ClNOS/c1-11(2)12-4-3-8-18(9-7-12)16(19)14-10-13(20)5-6-15(14)17/h5-6,10-12,20H,3-4,7-9H2,1-2H3. The zero-order valence-corrected chi connectivity index (χ0v) is 13.8. The molecule has 1 fully saturated rings. The second kappa shape index (κ2) is 6.86. The van der Waals surface area contributed by atoms with Crippen LogP contribution in [0, 0.1) is 11.8 Å². The van der Waals surface area contributed by atoms with Crippen molar-refractivity contribution >= 4 is 30.1 Å². The minimum atomic E-state index is 0.0373. The third kappa shape index (κ3) is 3.70. The van der Waals surface area contributed by atoms with Gasteiger partial charge in [-0.05, 0) is 49.3 Å². The third-order valence-electron chi connectivity index (χ3n) is 4.18. The molecule has 0 spiro atoms. The summed E-state index contributed by atoms with van der Waals surface area (Å²) in [5, 5.41) is 0.512. The molecule has 2 rings (SSSR count). The van der Waals surface area contributed by atoms with Crippen LogP contribution in [0.15, 0.2) is 23.1 Å². The molecule has 0 bridgehead atoms. The molecule has 0 aromatic heterocycles. The summed E-state index contributed by atoms with van der Waals surface area (Å²) in [7, 11) is 0. The van der Waals surface area contributed by atoms with Gasteiger partial charge in [0.25, 0.3) is 5.91 Å². The Morgan fingerprint density at radius 2 is 2.10 bits per heavy atom. The van der Waals surface area contributed by atoms with Crippen molar-refractivity contribution in [3.8, 4) is 0 Å². The monoisotopic (exact) mass is 311 g/mol. The zero-order valence-electron chi connectivity index (χ0n) is 12.1. The molecule has 1 aliphatic heterocycles. The summed E-state index contributed by atoms with van der Waals surface area (Å²) in [6.45, 7) is 6.19. The molecule has 1 amide bonds. The van der Waals surface area contributed by atoms with Gasteiger partial charge in [0.15, 0.2) is 0 Å². The van der Waals surface area contributed by atoms with E-state index in [9.17, 15) is 4.79 Å². The van der Waals surface area contributed by atoms with E-state index in [4.69, 9.17) is 11.6 Å². The normalized spacial score (nSPS) is 20.1. The Morgan fingerprint density at radius 3 is 2.80 bits per heavy atom. The average molecular weight is 312 g/mol. The van der Waals surface area contributed by atoms with Crippen molar-refractivity contribution in [2.75, 3.05) is 13.1 Å². The van der Waals surface area contributed by atoms with Crippen molar-refractivity contribution in [1.82, 2.24) is 4.90 Å². The lowest BCUT2D eigenvalue weighted by Crippen LogP contribution is -2.32. The highest BCUT2D eigenvalue weighted by Gasteiger charge is 2.24. The van der Waals surface area contributed by atoms with Gasteiger partial charge in [0.1, 0.15) is 0 Å². The van der Waals surface area contributed by atoms with Crippen LogP contribution < -0.4 is 0 Å². The highest BCUT2D eigenvalue weighted by molar-refractivity contribution is 7.80. The fourth-order valence-corrected chi connectivity index (χ4v) is 3.24. The van der Waals surface area contributed by atoms with Crippen LogP contribution in [0.5, 0.6) is 0 Å². The van der Waals surface area contributed by atoms with Crippen molar-refractivity contribution in [3.05, 3.63) is 28.8 Å². The third-order valence-corrected chi connectivity index (χ3v) is 4.79. The van der Waals surface area contributed by atoms with E-state index in [1.54, 1.807) is 18.2 Å². The van der Waals surface area contributed by atoms with Crippen LogP contribution in [0.25, 0.3) is 0 Å². The van der Waals surface area contributed by atoms with Crippen LogP contribution in [0.2, 0.25) is 5.02 Å². The van der Waals surface area contributed by atoms with Gasteiger partial charge in [-0.1, -0.05) is 25.4 Å². The number of carbonyl (C=O) groups excluding carboxylic acids is 1. The highest BCUT2D eigenvalue weighted by Crippen LogP contribution is 2.27. The Balaban J connectivity index is 2.11. The van der Waals surface area contributed by atoms with E-state index in [1.807, 2.05) is 4.90 Å².